The molecule has 1 aliphatic rings. The van der Waals surface area contributed by atoms with Gasteiger partial charge in [0.2, 0.25) is 0 Å². The molecule has 0 radical (unpaired) electrons. The van der Waals surface area contributed by atoms with Crippen LogP contribution in [0.5, 0.6) is 5.75 Å². The first kappa shape index (κ1) is 23.5. The molecule has 176 valence electrons. The van der Waals surface area contributed by atoms with E-state index in [2.05, 4.69) is 5.32 Å². The van der Waals surface area contributed by atoms with E-state index in [0.29, 0.717) is 11.3 Å². The molecule has 1 heterocycles. The molecule has 0 saturated carbocycles. The number of benzene rings is 3. The van der Waals surface area contributed by atoms with E-state index < -0.39 is 17.5 Å². The van der Waals surface area contributed by atoms with Gasteiger partial charge in [-0.25, -0.2) is 13.6 Å². The van der Waals surface area contributed by atoms with Crippen molar-refractivity contribution in [1.82, 2.24) is 10.2 Å². The summed E-state index contributed by atoms with van der Waals surface area (Å²) in [6.07, 6.45) is 0. The Bertz CT molecular complexity index is 1260. The summed E-state index contributed by atoms with van der Waals surface area (Å²) in [4.78, 5) is 28.9. The van der Waals surface area contributed by atoms with Crippen molar-refractivity contribution in [2.45, 2.75) is 26.1 Å². The zero-order chi connectivity index (χ0) is 24.6. The molecule has 1 unspecified atom stereocenters. The van der Waals surface area contributed by atoms with Gasteiger partial charge in [-0.3, -0.25) is 9.69 Å². The van der Waals surface area contributed by atoms with Crippen molar-refractivity contribution < 1.29 is 23.5 Å². The summed E-state index contributed by atoms with van der Waals surface area (Å²) in [5.74, 6) is -1.83. The summed E-state index contributed by atoms with van der Waals surface area (Å²) >= 11 is 6.19. The number of rotatable bonds is 5. The van der Waals surface area contributed by atoms with E-state index in [-0.39, 0.29) is 47.1 Å². The van der Waals surface area contributed by atoms with Crippen molar-refractivity contribution >= 4 is 29.2 Å². The number of anilines is 1. The second-order valence-electron chi connectivity index (χ2n) is 8.09. The fourth-order valence-corrected chi connectivity index (χ4v) is 4.12. The number of phenols is 1. The van der Waals surface area contributed by atoms with Crippen LogP contribution in [-0.4, -0.2) is 29.0 Å². The lowest BCUT2D eigenvalue weighted by Gasteiger charge is -2.39. The van der Waals surface area contributed by atoms with E-state index in [1.807, 2.05) is 6.92 Å². The maximum atomic E-state index is 14.5. The minimum Gasteiger partial charge on any atom is -0.507 e. The standard InChI is InChI=1S/C25H22ClF2N3O3/c1-14-18-9-7-15(24(33)29-12-16-6-8-17(27)11-23(16)32)10-22(18)31(25(34)30(14)2)13-19-20(26)4-3-5-21(19)28/h3-11,14,32H,12-13H2,1-2H3,(H,29,33). The number of fused-ring (bicyclic) bond motifs is 1. The molecule has 0 spiro atoms. The summed E-state index contributed by atoms with van der Waals surface area (Å²) in [7, 11) is 1.65. The Morgan fingerprint density at radius 3 is 2.62 bits per heavy atom. The maximum Gasteiger partial charge on any atom is 0.325 e. The number of halogens is 3. The average molecular weight is 486 g/mol. The number of urea groups is 1. The highest BCUT2D eigenvalue weighted by molar-refractivity contribution is 6.31. The van der Waals surface area contributed by atoms with Crippen LogP contribution in [0.4, 0.5) is 19.3 Å². The van der Waals surface area contributed by atoms with Crippen LogP contribution in [0, 0.1) is 11.6 Å². The van der Waals surface area contributed by atoms with Gasteiger partial charge >= 0.3 is 6.03 Å². The second kappa shape index (κ2) is 9.30. The molecule has 6 nitrogen and oxygen atoms in total. The summed E-state index contributed by atoms with van der Waals surface area (Å²) in [6.45, 7) is 1.73. The van der Waals surface area contributed by atoms with Gasteiger partial charge in [0.15, 0.2) is 0 Å². The van der Waals surface area contributed by atoms with Crippen molar-refractivity contribution in [2.75, 3.05) is 11.9 Å². The number of hydrogen-bond donors (Lipinski definition) is 2. The van der Waals surface area contributed by atoms with Crippen LogP contribution >= 0.6 is 11.6 Å². The number of aromatic hydroxyl groups is 1. The third kappa shape index (κ3) is 4.41. The van der Waals surface area contributed by atoms with Crippen molar-refractivity contribution in [3.05, 3.63) is 93.5 Å². The zero-order valence-electron chi connectivity index (χ0n) is 18.5. The summed E-state index contributed by atoms with van der Waals surface area (Å²) in [5.41, 5.74) is 2.08. The molecule has 0 aromatic heterocycles. The van der Waals surface area contributed by atoms with Crippen molar-refractivity contribution in [3.63, 3.8) is 0 Å². The van der Waals surface area contributed by atoms with E-state index in [1.165, 1.54) is 34.1 Å². The van der Waals surface area contributed by atoms with Gasteiger partial charge in [0.05, 0.1) is 18.3 Å². The van der Waals surface area contributed by atoms with Crippen LogP contribution in [0.3, 0.4) is 0 Å². The fourth-order valence-electron chi connectivity index (χ4n) is 3.90. The quantitative estimate of drug-likeness (QED) is 0.509. The molecule has 0 saturated heterocycles. The third-order valence-electron chi connectivity index (χ3n) is 6.01. The molecular weight excluding hydrogens is 464 g/mol. The molecule has 3 amide bonds. The molecule has 3 aromatic carbocycles. The average Bonchev–Trinajstić information content (AvgIpc) is 2.81. The summed E-state index contributed by atoms with van der Waals surface area (Å²) in [6, 6.07) is 12.2. The molecule has 0 bridgehead atoms. The van der Waals surface area contributed by atoms with Gasteiger partial charge in [0.1, 0.15) is 17.4 Å². The predicted octanol–water partition coefficient (Wildman–Crippen LogP) is 5.39. The van der Waals surface area contributed by atoms with Crippen LogP contribution in [0.25, 0.3) is 0 Å². The molecule has 0 fully saturated rings. The highest BCUT2D eigenvalue weighted by Gasteiger charge is 2.34. The Balaban J connectivity index is 1.64. The normalized spacial score (nSPS) is 15.3. The Kier molecular flexibility index (Phi) is 6.43. The van der Waals surface area contributed by atoms with Gasteiger partial charge in [0, 0.05) is 41.4 Å². The highest BCUT2D eigenvalue weighted by Crippen LogP contribution is 2.38. The van der Waals surface area contributed by atoms with Crippen molar-refractivity contribution in [3.8, 4) is 5.75 Å². The molecule has 3 aromatic rings. The Hall–Kier alpha value is -3.65. The fraction of sp³-hybridized carbons (Fsp3) is 0.200. The van der Waals surface area contributed by atoms with Gasteiger partial charge in [-0.1, -0.05) is 29.8 Å². The second-order valence-corrected chi connectivity index (χ2v) is 8.49. The smallest absolute Gasteiger partial charge is 0.325 e. The molecule has 9 heteroatoms. The maximum absolute atomic E-state index is 14.5. The predicted molar refractivity (Wildman–Crippen MR) is 125 cm³/mol. The molecule has 0 aliphatic carbocycles. The van der Waals surface area contributed by atoms with Crippen LogP contribution in [0.1, 0.15) is 40.0 Å². The number of amides is 3. The Morgan fingerprint density at radius 2 is 1.91 bits per heavy atom. The SMILES string of the molecule is CC1c2ccc(C(=O)NCc3ccc(F)cc3O)cc2N(Cc2c(F)cccc2Cl)C(=O)N1C. The number of nitrogens with one attached hydrogen (secondary N) is 1. The lowest BCUT2D eigenvalue weighted by molar-refractivity contribution is 0.0950. The molecule has 34 heavy (non-hydrogen) atoms. The van der Waals surface area contributed by atoms with E-state index in [9.17, 15) is 23.5 Å². The molecule has 2 N–H and O–H groups in total. The van der Waals surface area contributed by atoms with Crippen molar-refractivity contribution in [1.29, 1.82) is 0 Å². The summed E-state index contributed by atoms with van der Waals surface area (Å²) < 4.78 is 27.7. The van der Waals surface area contributed by atoms with Gasteiger partial charge in [0.25, 0.3) is 5.91 Å². The first-order valence-corrected chi connectivity index (χ1v) is 10.9. The van der Waals surface area contributed by atoms with E-state index in [4.69, 9.17) is 11.6 Å². The lowest BCUT2D eigenvalue weighted by atomic mass is 9.98. The van der Waals surface area contributed by atoms with Crippen LogP contribution in [-0.2, 0) is 13.1 Å². The minimum atomic E-state index is -0.582. The van der Waals surface area contributed by atoms with Crippen molar-refractivity contribution in [2.24, 2.45) is 0 Å². The monoisotopic (exact) mass is 485 g/mol. The van der Waals surface area contributed by atoms with Crippen LogP contribution in [0.2, 0.25) is 5.02 Å². The van der Waals surface area contributed by atoms with E-state index in [1.54, 1.807) is 31.3 Å². The topological polar surface area (TPSA) is 72.9 Å². The molecule has 1 atom stereocenters. The summed E-state index contributed by atoms with van der Waals surface area (Å²) in [5, 5.41) is 12.7. The number of carbonyl (C=O) groups excluding carboxylic acids is 2. The van der Waals surface area contributed by atoms with E-state index >= 15 is 0 Å². The molecule has 4 rings (SSSR count). The van der Waals surface area contributed by atoms with Gasteiger partial charge < -0.3 is 15.3 Å². The largest absolute Gasteiger partial charge is 0.507 e. The zero-order valence-corrected chi connectivity index (χ0v) is 19.2. The number of nitrogens with zero attached hydrogens (tertiary/aromatic N) is 2. The molecule has 1 aliphatic heterocycles. The first-order valence-electron chi connectivity index (χ1n) is 10.5. The Morgan fingerprint density at radius 1 is 1.15 bits per heavy atom. The Labute approximate surface area is 200 Å². The number of carbonyl (C=O) groups is 2. The highest BCUT2D eigenvalue weighted by atomic mass is 35.5. The van der Waals surface area contributed by atoms with Crippen LogP contribution in [0.15, 0.2) is 54.6 Å². The van der Waals surface area contributed by atoms with Gasteiger partial charge in [-0.05, 0) is 42.8 Å². The van der Waals surface area contributed by atoms with Crippen LogP contribution < -0.4 is 10.2 Å². The molecular formula is C25H22ClF2N3O3. The van der Waals surface area contributed by atoms with Gasteiger partial charge in [-0.15, -0.1) is 0 Å². The number of phenolic OH excluding ortho intramolecular Hbond substituents is 1. The third-order valence-corrected chi connectivity index (χ3v) is 6.37. The lowest BCUT2D eigenvalue weighted by Crippen LogP contribution is -2.46. The van der Waals surface area contributed by atoms with Gasteiger partial charge in [-0.2, -0.15) is 0 Å². The number of hydrogen-bond acceptors (Lipinski definition) is 3. The first-order chi connectivity index (χ1) is 16.2. The minimum absolute atomic E-state index is 0.0192. The van der Waals surface area contributed by atoms with E-state index in [0.717, 1.165) is 11.6 Å².